The first-order valence-corrected chi connectivity index (χ1v) is 9.95. The number of hydrogen-bond acceptors (Lipinski definition) is 8. The Morgan fingerprint density at radius 3 is 2.39 bits per heavy atom. The van der Waals surface area contributed by atoms with Gasteiger partial charge in [0.25, 0.3) is 5.91 Å². The highest BCUT2D eigenvalue weighted by Crippen LogP contribution is 2.26. The van der Waals surface area contributed by atoms with Crippen molar-refractivity contribution in [3.8, 4) is 23.0 Å². The van der Waals surface area contributed by atoms with Crippen LogP contribution in [0.3, 0.4) is 0 Å². The van der Waals surface area contributed by atoms with E-state index in [9.17, 15) is 13.2 Å². The minimum Gasteiger partial charge on any atom is -0.493 e. The highest BCUT2D eigenvalue weighted by molar-refractivity contribution is 7.90. The second kappa shape index (κ2) is 8.09. The second-order valence-electron chi connectivity index (χ2n) is 5.70. The number of para-hydroxylation sites is 2. The smallest absolute Gasteiger partial charge is 0.322 e. The highest BCUT2D eigenvalue weighted by Gasteiger charge is 2.14. The van der Waals surface area contributed by atoms with Gasteiger partial charge in [-0.2, -0.15) is 0 Å². The van der Waals surface area contributed by atoms with Gasteiger partial charge in [0.2, 0.25) is 5.89 Å². The zero-order chi connectivity index (χ0) is 20.1. The number of nitrogens with one attached hydrogen (secondary N) is 1. The number of nitrogens with zero attached hydrogens (tertiary/aromatic N) is 2. The first-order valence-electron chi connectivity index (χ1n) is 8.06. The molecule has 3 aromatic rings. The fourth-order valence-electron chi connectivity index (χ4n) is 2.27. The van der Waals surface area contributed by atoms with E-state index < -0.39 is 15.7 Å². The summed E-state index contributed by atoms with van der Waals surface area (Å²) in [7, 11) is -1.79. The second-order valence-corrected chi connectivity index (χ2v) is 7.71. The normalized spacial score (nSPS) is 11.1. The van der Waals surface area contributed by atoms with Crippen LogP contribution in [-0.2, 0) is 14.6 Å². The van der Waals surface area contributed by atoms with Crippen LogP contribution in [0.25, 0.3) is 11.5 Å². The standard InChI is InChI=1S/C18H17N3O6S/c1-25-14-5-3-4-6-15(14)26-11-16(22)19-18-21-20-17(27-18)12-7-9-13(10-8-12)28(2,23)24/h3-10H,11H2,1-2H3,(H,19,21,22). The predicted molar refractivity (Wildman–Crippen MR) is 100.0 cm³/mol. The number of carbonyl (C=O) groups is 1. The number of ether oxygens (including phenoxy) is 2. The molecule has 1 N–H and O–H groups in total. The summed E-state index contributed by atoms with van der Waals surface area (Å²) in [5, 5.41) is 10.0. The minimum absolute atomic E-state index is 0.101. The van der Waals surface area contributed by atoms with Crippen LogP contribution >= 0.6 is 0 Å². The molecule has 0 bridgehead atoms. The summed E-state index contributed by atoms with van der Waals surface area (Å²) in [6.45, 7) is -0.277. The monoisotopic (exact) mass is 403 g/mol. The van der Waals surface area contributed by atoms with Gasteiger partial charge in [-0.25, -0.2) is 8.42 Å². The first-order chi connectivity index (χ1) is 13.4. The topological polar surface area (TPSA) is 121 Å². The molecule has 0 unspecified atom stereocenters. The Morgan fingerprint density at radius 1 is 1.07 bits per heavy atom. The van der Waals surface area contributed by atoms with Gasteiger partial charge in [0.05, 0.1) is 12.0 Å². The third-order valence-electron chi connectivity index (χ3n) is 3.63. The van der Waals surface area contributed by atoms with E-state index in [1.54, 1.807) is 36.4 Å². The van der Waals surface area contributed by atoms with Gasteiger partial charge in [0, 0.05) is 11.8 Å². The summed E-state index contributed by atoms with van der Waals surface area (Å²) in [6.07, 6.45) is 1.12. The average molecular weight is 403 g/mol. The molecule has 9 nitrogen and oxygen atoms in total. The number of amides is 1. The zero-order valence-electron chi connectivity index (χ0n) is 15.1. The maximum absolute atomic E-state index is 12.0. The predicted octanol–water partition coefficient (Wildman–Crippen LogP) is 2.17. The Kier molecular flexibility index (Phi) is 5.59. The molecule has 2 aromatic carbocycles. The van der Waals surface area contributed by atoms with E-state index in [1.165, 1.54) is 19.2 Å². The molecule has 10 heteroatoms. The summed E-state index contributed by atoms with van der Waals surface area (Å²) in [5.41, 5.74) is 0.519. The summed E-state index contributed by atoms with van der Waals surface area (Å²) in [4.78, 5) is 12.2. The SMILES string of the molecule is COc1ccccc1OCC(=O)Nc1nnc(-c2ccc(S(C)(=O)=O)cc2)o1. The molecule has 0 aliphatic heterocycles. The van der Waals surface area contributed by atoms with Crippen molar-refractivity contribution in [1.29, 1.82) is 0 Å². The Labute approximate surface area is 161 Å². The quantitative estimate of drug-likeness (QED) is 0.637. The molecule has 1 aromatic heterocycles. The van der Waals surface area contributed by atoms with Crippen LogP contribution in [0, 0.1) is 0 Å². The van der Waals surface area contributed by atoms with E-state index in [0.29, 0.717) is 17.1 Å². The Bertz CT molecular complexity index is 1080. The van der Waals surface area contributed by atoms with E-state index in [0.717, 1.165) is 6.26 Å². The molecule has 0 saturated carbocycles. The first kappa shape index (κ1) is 19.4. The molecule has 0 aliphatic rings. The van der Waals surface area contributed by atoms with Gasteiger partial charge in [-0.1, -0.05) is 17.2 Å². The van der Waals surface area contributed by atoms with Crippen LogP contribution in [0.15, 0.2) is 57.8 Å². The molecule has 1 heterocycles. The van der Waals surface area contributed by atoms with E-state index >= 15 is 0 Å². The number of hydrogen-bond donors (Lipinski definition) is 1. The maximum atomic E-state index is 12.0. The fourth-order valence-corrected chi connectivity index (χ4v) is 2.90. The van der Waals surface area contributed by atoms with Gasteiger partial charge in [0.15, 0.2) is 27.9 Å². The number of methoxy groups -OCH3 is 1. The lowest BCUT2D eigenvalue weighted by molar-refractivity contribution is -0.118. The number of rotatable bonds is 7. The summed E-state index contributed by atoms with van der Waals surface area (Å²) >= 11 is 0. The molecular weight excluding hydrogens is 386 g/mol. The van der Waals surface area contributed by atoms with Crippen molar-refractivity contribution >= 4 is 21.8 Å². The number of sulfone groups is 1. The van der Waals surface area contributed by atoms with Gasteiger partial charge in [-0.3, -0.25) is 10.1 Å². The van der Waals surface area contributed by atoms with Gasteiger partial charge in [-0.05, 0) is 36.4 Å². The zero-order valence-corrected chi connectivity index (χ0v) is 15.9. The Balaban J connectivity index is 1.62. The van der Waals surface area contributed by atoms with Crippen LogP contribution < -0.4 is 14.8 Å². The Morgan fingerprint density at radius 2 is 1.75 bits per heavy atom. The maximum Gasteiger partial charge on any atom is 0.322 e. The lowest BCUT2D eigenvalue weighted by atomic mass is 10.2. The van der Waals surface area contributed by atoms with Crippen LogP contribution in [0.4, 0.5) is 6.01 Å². The van der Waals surface area contributed by atoms with E-state index in [1.807, 2.05) is 0 Å². The van der Waals surface area contributed by atoms with Crippen molar-refractivity contribution in [2.24, 2.45) is 0 Å². The van der Waals surface area contributed by atoms with Gasteiger partial charge in [0.1, 0.15) is 0 Å². The molecule has 0 saturated heterocycles. The average Bonchev–Trinajstić information content (AvgIpc) is 3.14. The van der Waals surface area contributed by atoms with Gasteiger partial charge in [-0.15, -0.1) is 5.10 Å². The molecule has 0 aliphatic carbocycles. The summed E-state index contributed by atoms with van der Waals surface area (Å²) in [5.74, 6) is 0.583. The summed E-state index contributed by atoms with van der Waals surface area (Å²) < 4.78 is 38.9. The highest BCUT2D eigenvalue weighted by atomic mass is 32.2. The molecular formula is C18H17N3O6S. The molecule has 0 atom stereocenters. The van der Waals surface area contributed by atoms with Crippen molar-refractivity contribution in [1.82, 2.24) is 10.2 Å². The van der Waals surface area contributed by atoms with Crippen LogP contribution in [0.2, 0.25) is 0 Å². The third kappa shape index (κ3) is 4.65. The fraction of sp³-hybridized carbons (Fsp3) is 0.167. The number of aromatic nitrogens is 2. The molecule has 0 spiro atoms. The van der Waals surface area contributed by atoms with Crippen LogP contribution in [-0.4, -0.2) is 44.5 Å². The molecule has 3 rings (SSSR count). The number of benzene rings is 2. The lowest BCUT2D eigenvalue weighted by Crippen LogP contribution is -2.20. The largest absolute Gasteiger partial charge is 0.493 e. The van der Waals surface area contributed by atoms with E-state index in [-0.39, 0.29) is 23.4 Å². The van der Waals surface area contributed by atoms with Gasteiger partial charge < -0.3 is 13.9 Å². The van der Waals surface area contributed by atoms with Crippen molar-refractivity contribution in [2.45, 2.75) is 4.90 Å². The molecule has 0 radical (unpaired) electrons. The van der Waals surface area contributed by atoms with Crippen molar-refractivity contribution in [3.63, 3.8) is 0 Å². The van der Waals surface area contributed by atoms with E-state index in [2.05, 4.69) is 15.5 Å². The molecule has 146 valence electrons. The van der Waals surface area contributed by atoms with Crippen LogP contribution in [0.1, 0.15) is 0 Å². The third-order valence-corrected chi connectivity index (χ3v) is 4.76. The lowest BCUT2D eigenvalue weighted by Gasteiger charge is -2.09. The molecule has 28 heavy (non-hydrogen) atoms. The van der Waals surface area contributed by atoms with E-state index in [4.69, 9.17) is 13.9 Å². The molecule has 1 amide bonds. The van der Waals surface area contributed by atoms with Crippen molar-refractivity contribution < 1.29 is 27.1 Å². The van der Waals surface area contributed by atoms with Gasteiger partial charge >= 0.3 is 6.01 Å². The van der Waals surface area contributed by atoms with Crippen molar-refractivity contribution in [3.05, 3.63) is 48.5 Å². The van der Waals surface area contributed by atoms with Crippen LogP contribution in [0.5, 0.6) is 11.5 Å². The summed E-state index contributed by atoms with van der Waals surface area (Å²) in [6, 6.07) is 12.8. The molecule has 0 fully saturated rings. The number of carbonyl (C=O) groups excluding carboxylic acids is 1. The van der Waals surface area contributed by atoms with Crippen molar-refractivity contribution in [2.75, 3.05) is 25.3 Å². The minimum atomic E-state index is -3.29. The number of anilines is 1. The Hall–Kier alpha value is -3.40.